The first-order chi connectivity index (χ1) is 5.11. The molecule has 5 heteroatoms. The van der Waals surface area contributed by atoms with Crippen LogP contribution in [-0.4, -0.2) is 8.42 Å². The standard InChI is InChI=1S/C4H3ClO2S2.C2H6/c5-9(6,7)4-2-1-3-8-4;1-2/h1-3H;1-2H3. The summed E-state index contributed by atoms with van der Waals surface area (Å²) in [6.45, 7) is 4.00. The van der Waals surface area contributed by atoms with Gasteiger partial charge in [0, 0.05) is 10.7 Å². The third kappa shape index (κ3) is 3.74. The largest absolute Gasteiger partial charge is 0.270 e. The van der Waals surface area contributed by atoms with E-state index in [9.17, 15) is 8.42 Å². The van der Waals surface area contributed by atoms with Gasteiger partial charge in [0.25, 0.3) is 9.05 Å². The molecule has 0 aliphatic rings. The summed E-state index contributed by atoms with van der Waals surface area (Å²) in [6.07, 6.45) is 0. The van der Waals surface area contributed by atoms with Crippen molar-refractivity contribution >= 4 is 31.1 Å². The number of hydrogen-bond donors (Lipinski definition) is 0. The maximum atomic E-state index is 10.5. The molecule has 1 aromatic heterocycles. The van der Waals surface area contributed by atoms with Gasteiger partial charge in [-0.1, -0.05) is 19.9 Å². The summed E-state index contributed by atoms with van der Waals surface area (Å²) < 4.78 is 21.1. The van der Waals surface area contributed by atoms with E-state index in [-0.39, 0.29) is 4.21 Å². The highest BCUT2D eigenvalue weighted by molar-refractivity contribution is 8.15. The van der Waals surface area contributed by atoms with Gasteiger partial charge in [-0.3, -0.25) is 0 Å². The van der Waals surface area contributed by atoms with Crippen molar-refractivity contribution in [3.63, 3.8) is 0 Å². The summed E-state index contributed by atoms with van der Waals surface area (Å²) in [6, 6.07) is 3.10. The van der Waals surface area contributed by atoms with Crippen molar-refractivity contribution in [3.05, 3.63) is 17.5 Å². The van der Waals surface area contributed by atoms with Gasteiger partial charge in [-0.05, 0) is 11.4 Å². The number of thiophene rings is 1. The van der Waals surface area contributed by atoms with E-state index in [1.165, 1.54) is 6.07 Å². The van der Waals surface area contributed by atoms with Crippen molar-refractivity contribution in [2.75, 3.05) is 0 Å². The second kappa shape index (κ2) is 4.74. The van der Waals surface area contributed by atoms with Crippen molar-refractivity contribution in [2.24, 2.45) is 0 Å². The molecule has 0 spiro atoms. The van der Waals surface area contributed by atoms with Crippen LogP contribution >= 0.6 is 22.0 Å². The molecule has 0 unspecified atom stereocenters. The second-order valence-corrected chi connectivity index (χ2v) is 5.11. The fourth-order valence-electron chi connectivity index (χ4n) is 0.402. The third-order valence-electron chi connectivity index (χ3n) is 0.735. The maximum absolute atomic E-state index is 10.5. The topological polar surface area (TPSA) is 34.1 Å². The Kier molecular flexibility index (Phi) is 4.72. The van der Waals surface area contributed by atoms with E-state index in [0.29, 0.717) is 0 Å². The zero-order chi connectivity index (χ0) is 8.91. The number of rotatable bonds is 1. The fraction of sp³-hybridized carbons (Fsp3) is 0.333. The van der Waals surface area contributed by atoms with Crippen LogP contribution in [0.1, 0.15) is 13.8 Å². The average molecular weight is 213 g/mol. The predicted octanol–water partition coefficient (Wildman–Crippen LogP) is 2.70. The highest BCUT2D eigenvalue weighted by Gasteiger charge is 2.08. The van der Waals surface area contributed by atoms with Crippen molar-refractivity contribution in [1.82, 2.24) is 0 Å². The van der Waals surface area contributed by atoms with Crippen molar-refractivity contribution in [2.45, 2.75) is 18.1 Å². The summed E-state index contributed by atoms with van der Waals surface area (Å²) in [5.41, 5.74) is 0. The molecule has 0 aromatic carbocycles. The van der Waals surface area contributed by atoms with Gasteiger partial charge < -0.3 is 0 Å². The zero-order valence-electron chi connectivity index (χ0n) is 6.24. The van der Waals surface area contributed by atoms with E-state index < -0.39 is 9.05 Å². The van der Waals surface area contributed by atoms with E-state index in [1.807, 2.05) is 13.8 Å². The molecule has 0 radical (unpaired) electrons. The Morgan fingerprint density at radius 1 is 1.45 bits per heavy atom. The van der Waals surface area contributed by atoms with Gasteiger partial charge in [-0.25, -0.2) is 8.42 Å². The summed E-state index contributed by atoms with van der Waals surface area (Å²) in [4.78, 5) is 0. The molecule has 0 saturated carbocycles. The van der Waals surface area contributed by atoms with Crippen molar-refractivity contribution in [1.29, 1.82) is 0 Å². The van der Waals surface area contributed by atoms with Crippen LogP contribution in [0.5, 0.6) is 0 Å². The van der Waals surface area contributed by atoms with Crippen LogP contribution in [0, 0.1) is 0 Å². The molecule has 1 rings (SSSR count). The fourth-order valence-corrected chi connectivity index (χ4v) is 2.20. The molecule has 0 amide bonds. The highest BCUT2D eigenvalue weighted by Crippen LogP contribution is 2.19. The van der Waals surface area contributed by atoms with Crippen LogP contribution in [0.2, 0.25) is 0 Å². The highest BCUT2D eigenvalue weighted by atomic mass is 35.7. The van der Waals surface area contributed by atoms with Crippen molar-refractivity contribution < 1.29 is 8.42 Å². The van der Waals surface area contributed by atoms with Gasteiger partial charge >= 0.3 is 0 Å². The molecule has 64 valence electrons. The van der Waals surface area contributed by atoms with Crippen LogP contribution in [0.3, 0.4) is 0 Å². The summed E-state index contributed by atoms with van der Waals surface area (Å²) in [7, 11) is 1.51. The normalized spacial score (nSPS) is 10.1. The molecule has 0 saturated heterocycles. The molecule has 2 nitrogen and oxygen atoms in total. The summed E-state index contributed by atoms with van der Waals surface area (Å²) >= 11 is 1.11. The van der Waals surface area contributed by atoms with Gasteiger partial charge in [0.1, 0.15) is 4.21 Å². The van der Waals surface area contributed by atoms with Crippen molar-refractivity contribution in [3.8, 4) is 0 Å². The molecule has 11 heavy (non-hydrogen) atoms. The molecular weight excluding hydrogens is 204 g/mol. The molecule has 0 aliphatic heterocycles. The molecule has 0 bridgehead atoms. The van der Waals surface area contributed by atoms with Crippen LogP contribution in [0.15, 0.2) is 21.7 Å². The Bertz CT molecular complexity index is 276. The number of hydrogen-bond acceptors (Lipinski definition) is 3. The van der Waals surface area contributed by atoms with E-state index in [1.54, 1.807) is 11.4 Å². The minimum atomic E-state index is -3.47. The minimum Gasteiger partial charge on any atom is -0.206 e. The van der Waals surface area contributed by atoms with Crippen LogP contribution in [0.25, 0.3) is 0 Å². The number of halogens is 1. The first-order valence-corrected chi connectivity index (χ1v) is 6.28. The van der Waals surface area contributed by atoms with Crippen LogP contribution < -0.4 is 0 Å². The van der Waals surface area contributed by atoms with Gasteiger partial charge in [0.05, 0.1) is 0 Å². The Labute approximate surface area is 75.2 Å². The van der Waals surface area contributed by atoms with Gasteiger partial charge in [0.15, 0.2) is 0 Å². The molecule has 1 heterocycles. The zero-order valence-corrected chi connectivity index (χ0v) is 8.63. The molecule has 1 aromatic rings. The van der Waals surface area contributed by atoms with E-state index in [0.717, 1.165) is 11.3 Å². The van der Waals surface area contributed by atoms with Crippen LogP contribution in [0.4, 0.5) is 0 Å². The predicted molar refractivity (Wildman–Crippen MR) is 48.7 cm³/mol. The average Bonchev–Trinajstić information content (AvgIpc) is 2.40. The summed E-state index contributed by atoms with van der Waals surface area (Å²) in [5.74, 6) is 0. The second-order valence-electron chi connectivity index (χ2n) is 1.37. The monoisotopic (exact) mass is 212 g/mol. The molecule has 0 N–H and O–H groups in total. The first kappa shape index (κ1) is 10.9. The first-order valence-electron chi connectivity index (χ1n) is 3.09. The van der Waals surface area contributed by atoms with Crippen LogP contribution in [-0.2, 0) is 9.05 Å². The Morgan fingerprint density at radius 2 is 2.00 bits per heavy atom. The minimum absolute atomic E-state index is 0.198. The molecule has 0 aliphatic carbocycles. The molecular formula is C6H9ClO2S2. The molecule has 0 atom stereocenters. The lowest BCUT2D eigenvalue weighted by molar-refractivity contribution is 0.611. The lowest BCUT2D eigenvalue weighted by atomic mass is 10.7. The molecule has 0 fully saturated rings. The Morgan fingerprint density at radius 3 is 2.18 bits per heavy atom. The Balaban J connectivity index is 0.000000461. The van der Waals surface area contributed by atoms with Gasteiger partial charge in [0.2, 0.25) is 0 Å². The summed E-state index contributed by atoms with van der Waals surface area (Å²) in [5, 5.41) is 1.66. The maximum Gasteiger partial charge on any atom is 0.270 e. The third-order valence-corrected chi connectivity index (χ3v) is 3.73. The smallest absolute Gasteiger partial charge is 0.206 e. The van der Waals surface area contributed by atoms with E-state index >= 15 is 0 Å². The van der Waals surface area contributed by atoms with E-state index in [2.05, 4.69) is 0 Å². The lowest BCUT2D eigenvalue weighted by Crippen LogP contribution is -1.82. The SMILES string of the molecule is CC.O=S(=O)(Cl)c1cccs1. The van der Waals surface area contributed by atoms with Gasteiger partial charge in [-0.2, -0.15) is 0 Å². The Hall–Kier alpha value is -0.0600. The van der Waals surface area contributed by atoms with E-state index in [4.69, 9.17) is 10.7 Å². The lowest BCUT2D eigenvalue weighted by Gasteiger charge is -1.82. The van der Waals surface area contributed by atoms with Gasteiger partial charge in [-0.15, -0.1) is 11.3 Å². The quantitative estimate of drug-likeness (QED) is 0.671.